The zero-order valence-electron chi connectivity index (χ0n) is 15.7. The Bertz CT molecular complexity index is 799. The number of carbonyl (C=O) groups excluding carboxylic acids is 1. The van der Waals surface area contributed by atoms with E-state index in [0.717, 1.165) is 43.7 Å². The second-order valence-electron chi connectivity index (χ2n) is 7.65. The normalized spacial score (nSPS) is 22.7. The van der Waals surface area contributed by atoms with Gasteiger partial charge in [0.15, 0.2) is 0 Å². The number of rotatable bonds is 5. The third kappa shape index (κ3) is 4.37. The minimum absolute atomic E-state index is 0.204. The summed E-state index contributed by atoms with van der Waals surface area (Å²) in [6, 6.07) is 15.4. The highest BCUT2D eigenvalue weighted by Gasteiger charge is 2.38. The van der Waals surface area contributed by atoms with Crippen molar-refractivity contribution < 1.29 is 9.18 Å². The van der Waals surface area contributed by atoms with E-state index in [4.69, 9.17) is 0 Å². The number of halogens is 1. The summed E-state index contributed by atoms with van der Waals surface area (Å²) in [7, 11) is 2.09. The molecule has 2 aromatic carbocycles. The summed E-state index contributed by atoms with van der Waals surface area (Å²) in [5, 5.41) is 3.41. The van der Waals surface area contributed by atoms with Crippen LogP contribution in [-0.4, -0.2) is 61.5 Å². The number of amides is 1. The number of hydrogen-bond donors (Lipinski definition) is 1. The summed E-state index contributed by atoms with van der Waals surface area (Å²) in [5.74, 6) is 0.454. The largest absolute Gasteiger partial charge is 0.339 e. The third-order valence-corrected chi connectivity index (χ3v) is 5.66. The van der Waals surface area contributed by atoms with Gasteiger partial charge in [0.25, 0.3) is 0 Å². The molecule has 2 atom stereocenters. The summed E-state index contributed by atoms with van der Waals surface area (Å²) in [4.78, 5) is 16.5. The number of benzene rings is 2. The molecule has 0 aromatic heterocycles. The van der Waals surface area contributed by atoms with Gasteiger partial charge in [0.05, 0.1) is 6.54 Å². The number of carbonyl (C=O) groups is 1. The summed E-state index contributed by atoms with van der Waals surface area (Å²) in [6.45, 7) is 3.98. The lowest BCUT2D eigenvalue weighted by Gasteiger charge is -2.32. The molecule has 1 saturated carbocycles. The van der Waals surface area contributed by atoms with Gasteiger partial charge >= 0.3 is 0 Å². The summed E-state index contributed by atoms with van der Waals surface area (Å²) in [6.07, 6.45) is 1.06. The second-order valence-corrected chi connectivity index (χ2v) is 7.65. The van der Waals surface area contributed by atoms with E-state index in [0.29, 0.717) is 18.5 Å². The minimum Gasteiger partial charge on any atom is -0.339 e. The molecule has 2 aliphatic rings. The van der Waals surface area contributed by atoms with E-state index in [1.165, 1.54) is 11.6 Å². The van der Waals surface area contributed by atoms with Crippen molar-refractivity contribution in [2.24, 2.45) is 0 Å². The average molecular weight is 367 g/mol. The minimum atomic E-state index is -0.215. The first-order valence-electron chi connectivity index (χ1n) is 9.66. The fourth-order valence-corrected chi connectivity index (χ4v) is 3.77. The van der Waals surface area contributed by atoms with Gasteiger partial charge < -0.3 is 15.1 Å². The second kappa shape index (κ2) is 7.79. The Labute approximate surface area is 160 Å². The van der Waals surface area contributed by atoms with Crippen molar-refractivity contribution >= 4 is 5.91 Å². The SMILES string of the molecule is CN1CCN(C(=O)CN[C@H]2CC2c2ccc(-c3cccc(F)c3)cc2)CC1. The molecule has 1 saturated heterocycles. The first kappa shape index (κ1) is 18.1. The van der Waals surface area contributed by atoms with Crippen LogP contribution in [0.1, 0.15) is 17.9 Å². The van der Waals surface area contributed by atoms with Crippen LogP contribution in [0.5, 0.6) is 0 Å². The Kier molecular flexibility index (Phi) is 5.23. The van der Waals surface area contributed by atoms with Gasteiger partial charge in [-0.1, -0.05) is 36.4 Å². The molecule has 1 N–H and O–H groups in total. The van der Waals surface area contributed by atoms with Gasteiger partial charge in [-0.15, -0.1) is 0 Å². The van der Waals surface area contributed by atoms with Crippen LogP contribution < -0.4 is 5.32 Å². The van der Waals surface area contributed by atoms with E-state index in [9.17, 15) is 9.18 Å². The maximum absolute atomic E-state index is 13.4. The van der Waals surface area contributed by atoms with E-state index in [2.05, 4.69) is 41.5 Å². The van der Waals surface area contributed by atoms with E-state index in [-0.39, 0.29) is 11.7 Å². The summed E-state index contributed by atoms with van der Waals surface area (Å²) < 4.78 is 13.4. The van der Waals surface area contributed by atoms with Crippen LogP contribution in [0.25, 0.3) is 11.1 Å². The topological polar surface area (TPSA) is 35.6 Å². The zero-order valence-corrected chi connectivity index (χ0v) is 15.7. The molecule has 5 heteroatoms. The molecule has 4 rings (SSSR count). The number of hydrogen-bond acceptors (Lipinski definition) is 3. The molecule has 0 bridgehead atoms. The maximum atomic E-state index is 13.4. The van der Waals surface area contributed by atoms with Crippen molar-refractivity contribution in [1.29, 1.82) is 0 Å². The average Bonchev–Trinajstić information content (AvgIpc) is 3.46. The molecule has 1 aliphatic heterocycles. The van der Waals surface area contributed by atoms with Crippen LogP contribution in [0, 0.1) is 5.82 Å². The van der Waals surface area contributed by atoms with Gasteiger partial charge in [-0.2, -0.15) is 0 Å². The molecule has 1 amide bonds. The molecule has 0 spiro atoms. The Hall–Kier alpha value is -2.24. The predicted octanol–water partition coefficient (Wildman–Crippen LogP) is 2.71. The zero-order chi connectivity index (χ0) is 18.8. The smallest absolute Gasteiger partial charge is 0.236 e. The molecule has 27 heavy (non-hydrogen) atoms. The molecule has 2 fully saturated rings. The van der Waals surface area contributed by atoms with Crippen molar-refractivity contribution in [2.45, 2.75) is 18.4 Å². The molecule has 1 aliphatic carbocycles. The van der Waals surface area contributed by atoms with Gasteiger partial charge in [0, 0.05) is 38.1 Å². The van der Waals surface area contributed by atoms with Crippen LogP contribution in [0.3, 0.4) is 0 Å². The van der Waals surface area contributed by atoms with Gasteiger partial charge in [-0.05, 0) is 42.3 Å². The number of piperazine rings is 1. The highest BCUT2D eigenvalue weighted by atomic mass is 19.1. The van der Waals surface area contributed by atoms with Gasteiger partial charge in [0.1, 0.15) is 5.82 Å². The molecule has 142 valence electrons. The Morgan fingerprint density at radius 2 is 1.81 bits per heavy atom. The lowest BCUT2D eigenvalue weighted by atomic mass is 10.0. The Balaban J connectivity index is 1.28. The van der Waals surface area contributed by atoms with E-state index in [1.54, 1.807) is 12.1 Å². The van der Waals surface area contributed by atoms with E-state index >= 15 is 0 Å². The predicted molar refractivity (Wildman–Crippen MR) is 105 cm³/mol. The first-order valence-corrected chi connectivity index (χ1v) is 9.66. The van der Waals surface area contributed by atoms with Crippen LogP contribution in [0.2, 0.25) is 0 Å². The van der Waals surface area contributed by atoms with Gasteiger partial charge in [0.2, 0.25) is 5.91 Å². The molecule has 1 unspecified atom stereocenters. The lowest BCUT2D eigenvalue weighted by molar-refractivity contribution is -0.131. The molecule has 0 radical (unpaired) electrons. The van der Waals surface area contributed by atoms with Crippen molar-refractivity contribution in [2.75, 3.05) is 39.8 Å². The van der Waals surface area contributed by atoms with E-state index < -0.39 is 0 Å². The van der Waals surface area contributed by atoms with Gasteiger partial charge in [-0.25, -0.2) is 4.39 Å². The fraction of sp³-hybridized carbons (Fsp3) is 0.409. The highest BCUT2D eigenvalue weighted by Crippen LogP contribution is 2.41. The standard InChI is InChI=1S/C22H26FN3O/c1-25-9-11-26(12-10-25)22(27)15-24-21-14-20(21)17-7-5-16(6-8-17)18-3-2-4-19(23)13-18/h2-8,13,20-21,24H,9-12,14-15H2,1H3/t20?,21-/m0/s1. The quantitative estimate of drug-likeness (QED) is 0.883. The summed E-state index contributed by atoms with van der Waals surface area (Å²) >= 11 is 0. The third-order valence-electron chi connectivity index (χ3n) is 5.66. The molecular formula is C22H26FN3O. The first-order chi connectivity index (χ1) is 13.1. The van der Waals surface area contributed by atoms with Crippen LogP contribution >= 0.6 is 0 Å². The molecule has 2 aromatic rings. The van der Waals surface area contributed by atoms with E-state index in [1.807, 2.05) is 11.0 Å². The lowest BCUT2D eigenvalue weighted by Crippen LogP contribution is -2.49. The Morgan fingerprint density at radius 3 is 2.52 bits per heavy atom. The van der Waals surface area contributed by atoms with Crippen LogP contribution in [-0.2, 0) is 4.79 Å². The highest BCUT2D eigenvalue weighted by molar-refractivity contribution is 5.78. The Morgan fingerprint density at radius 1 is 1.07 bits per heavy atom. The maximum Gasteiger partial charge on any atom is 0.236 e. The van der Waals surface area contributed by atoms with Gasteiger partial charge in [-0.3, -0.25) is 4.79 Å². The fourth-order valence-electron chi connectivity index (χ4n) is 3.77. The molecular weight excluding hydrogens is 341 g/mol. The molecule has 4 nitrogen and oxygen atoms in total. The number of nitrogens with one attached hydrogen (secondary N) is 1. The van der Waals surface area contributed by atoms with Crippen molar-refractivity contribution in [3.05, 3.63) is 59.9 Å². The number of likely N-dealkylation sites (N-methyl/N-ethyl adjacent to an activating group) is 1. The van der Waals surface area contributed by atoms with Crippen LogP contribution in [0.4, 0.5) is 4.39 Å². The molecule has 1 heterocycles. The number of nitrogens with zero attached hydrogens (tertiary/aromatic N) is 2. The van der Waals surface area contributed by atoms with Crippen molar-refractivity contribution in [1.82, 2.24) is 15.1 Å². The van der Waals surface area contributed by atoms with Crippen molar-refractivity contribution in [3.8, 4) is 11.1 Å². The van der Waals surface area contributed by atoms with Crippen LogP contribution in [0.15, 0.2) is 48.5 Å². The monoisotopic (exact) mass is 367 g/mol. The summed E-state index contributed by atoms with van der Waals surface area (Å²) in [5.41, 5.74) is 3.19. The van der Waals surface area contributed by atoms with Crippen molar-refractivity contribution in [3.63, 3.8) is 0 Å².